The van der Waals surface area contributed by atoms with Crippen molar-refractivity contribution < 1.29 is 4.79 Å². The number of carbonyl (C=O) groups is 1. The summed E-state index contributed by atoms with van der Waals surface area (Å²) in [5.41, 5.74) is 2.90. The van der Waals surface area contributed by atoms with Gasteiger partial charge in [0, 0.05) is 49.8 Å². The number of aromatic nitrogens is 1. The number of amides is 1. The molecule has 27 heavy (non-hydrogen) atoms. The molecule has 1 N–H and O–H groups in total. The Morgan fingerprint density at radius 3 is 2.26 bits per heavy atom. The highest BCUT2D eigenvalue weighted by molar-refractivity contribution is 5.93. The number of hydrogen-bond acceptors (Lipinski definition) is 4. The predicted molar refractivity (Wildman–Crippen MR) is 109 cm³/mol. The third-order valence-corrected chi connectivity index (χ3v) is 5.68. The number of carbonyl (C=O) groups excluding carboxylic acids is 1. The van der Waals surface area contributed by atoms with Gasteiger partial charge in [0.2, 0.25) is 0 Å². The summed E-state index contributed by atoms with van der Waals surface area (Å²) in [5, 5.41) is 3.17. The maximum Gasteiger partial charge on any atom is 0.270 e. The summed E-state index contributed by atoms with van der Waals surface area (Å²) in [5.74, 6) is -0.0355. The molecule has 1 saturated carbocycles. The van der Waals surface area contributed by atoms with Gasteiger partial charge >= 0.3 is 0 Å². The molecule has 0 unspecified atom stereocenters. The van der Waals surface area contributed by atoms with Crippen molar-refractivity contribution in [1.82, 2.24) is 10.3 Å². The van der Waals surface area contributed by atoms with Crippen LogP contribution in [0.4, 0.5) is 11.4 Å². The Bertz CT molecular complexity index is 750. The van der Waals surface area contributed by atoms with Crippen LogP contribution in [-0.2, 0) is 0 Å². The maximum atomic E-state index is 12.6. The van der Waals surface area contributed by atoms with E-state index >= 15 is 0 Å². The lowest BCUT2D eigenvalue weighted by atomic mass is 9.95. The Balaban J connectivity index is 1.37. The zero-order chi connectivity index (χ0) is 18.5. The fourth-order valence-corrected chi connectivity index (χ4v) is 4.11. The Hall–Kier alpha value is -2.56. The molecule has 4 rings (SSSR count). The molecule has 2 heterocycles. The molecule has 5 heteroatoms. The van der Waals surface area contributed by atoms with Crippen LogP contribution in [0.15, 0.2) is 48.7 Å². The summed E-state index contributed by atoms with van der Waals surface area (Å²) < 4.78 is 0. The fourth-order valence-electron chi connectivity index (χ4n) is 4.11. The van der Waals surface area contributed by atoms with Gasteiger partial charge in [0.15, 0.2) is 0 Å². The monoisotopic (exact) mass is 364 g/mol. The first-order chi connectivity index (χ1) is 13.3. The van der Waals surface area contributed by atoms with Gasteiger partial charge < -0.3 is 15.1 Å². The van der Waals surface area contributed by atoms with Crippen molar-refractivity contribution in [2.45, 2.75) is 38.1 Å². The van der Waals surface area contributed by atoms with E-state index in [9.17, 15) is 4.79 Å². The molecule has 1 aromatic carbocycles. The van der Waals surface area contributed by atoms with Crippen molar-refractivity contribution in [3.8, 4) is 0 Å². The van der Waals surface area contributed by atoms with Gasteiger partial charge in [0.25, 0.3) is 5.91 Å². The molecule has 2 aliphatic rings. The summed E-state index contributed by atoms with van der Waals surface area (Å²) in [4.78, 5) is 21.7. The van der Waals surface area contributed by atoms with Gasteiger partial charge in [-0.15, -0.1) is 0 Å². The van der Waals surface area contributed by atoms with E-state index in [-0.39, 0.29) is 5.91 Å². The van der Waals surface area contributed by atoms with Crippen LogP contribution in [0.25, 0.3) is 0 Å². The Morgan fingerprint density at radius 2 is 1.56 bits per heavy atom. The minimum Gasteiger partial charge on any atom is -0.368 e. The Kier molecular flexibility index (Phi) is 5.56. The highest BCUT2D eigenvalue weighted by Gasteiger charge is 2.20. The largest absolute Gasteiger partial charge is 0.368 e. The van der Waals surface area contributed by atoms with Crippen LogP contribution in [0.2, 0.25) is 0 Å². The van der Waals surface area contributed by atoms with Crippen molar-refractivity contribution in [3.63, 3.8) is 0 Å². The molecule has 1 aromatic heterocycles. The summed E-state index contributed by atoms with van der Waals surface area (Å²) in [6.07, 6.45) is 7.65. The molecule has 0 radical (unpaired) electrons. The lowest BCUT2D eigenvalue weighted by Crippen LogP contribution is -2.46. The molecule has 0 atom stereocenters. The number of nitrogens with one attached hydrogen (secondary N) is 1. The third kappa shape index (κ3) is 4.41. The standard InChI is InChI=1S/C22H28N4O/c27-22(24-18-7-3-1-4-8-18)21-17-20(11-12-23-21)26-15-13-25(14-16-26)19-9-5-2-6-10-19/h2,5-6,9-12,17-18H,1,3-4,7-8,13-16H2,(H,24,27). The van der Waals surface area contributed by atoms with Crippen LogP contribution < -0.4 is 15.1 Å². The molecule has 142 valence electrons. The van der Waals surface area contributed by atoms with Crippen LogP contribution in [0, 0.1) is 0 Å². The number of piperazine rings is 1. The van der Waals surface area contributed by atoms with E-state index in [1.54, 1.807) is 6.20 Å². The van der Waals surface area contributed by atoms with E-state index in [1.807, 2.05) is 12.1 Å². The lowest BCUT2D eigenvalue weighted by Gasteiger charge is -2.37. The van der Waals surface area contributed by atoms with Gasteiger partial charge in [0.1, 0.15) is 5.69 Å². The van der Waals surface area contributed by atoms with E-state index < -0.39 is 0 Å². The molecular weight excluding hydrogens is 336 g/mol. The second kappa shape index (κ2) is 8.42. The number of hydrogen-bond donors (Lipinski definition) is 1. The van der Waals surface area contributed by atoms with Crippen LogP contribution >= 0.6 is 0 Å². The average Bonchev–Trinajstić information content (AvgIpc) is 2.75. The molecule has 1 aliphatic heterocycles. The van der Waals surface area contributed by atoms with E-state index in [0.717, 1.165) is 44.7 Å². The van der Waals surface area contributed by atoms with Crippen molar-refractivity contribution >= 4 is 17.3 Å². The Morgan fingerprint density at radius 1 is 0.889 bits per heavy atom. The number of rotatable bonds is 4. The molecule has 0 bridgehead atoms. The number of nitrogens with zero attached hydrogens (tertiary/aromatic N) is 3. The van der Waals surface area contributed by atoms with E-state index in [4.69, 9.17) is 0 Å². The van der Waals surface area contributed by atoms with Crippen LogP contribution in [0.3, 0.4) is 0 Å². The first-order valence-electron chi connectivity index (χ1n) is 10.1. The number of pyridine rings is 1. The number of anilines is 2. The van der Waals surface area contributed by atoms with Crippen molar-refractivity contribution in [2.24, 2.45) is 0 Å². The minimum atomic E-state index is -0.0355. The first kappa shape index (κ1) is 17.8. The summed E-state index contributed by atoms with van der Waals surface area (Å²) in [6.45, 7) is 3.86. The molecule has 1 saturated heterocycles. The smallest absolute Gasteiger partial charge is 0.270 e. The van der Waals surface area contributed by atoms with Gasteiger partial charge in [0.05, 0.1) is 0 Å². The quantitative estimate of drug-likeness (QED) is 0.902. The molecule has 2 fully saturated rings. The molecular formula is C22H28N4O. The molecule has 0 spiro atoms. The summed E-state index contributed by atoms with van der Waals surface area (Å²) in [7, 11) is 0. The van der Waals surface area contributed by atoms with Crippen LogP contribution in [-0.4, -0.2) is 43.1 Å². The van der Waals surface area contributed by atoms with Crippen molar-refractivity contribution in [3.05, 3.63) is 54.4 Å². The zero-order valence-corrected chi connectivity index (χ0v) is 15.8. The van der Waals surface area contributed by atoms with Crippen molar-refractivity contribution in [2.75, 3.05) is 36.0 Å². The van der Waals surface area contributed by atoms with E-state index in [1.165, 1.54) is 24.9 Å². The molecule has 1 amide bonds. The molecule has 2 aromatic rings. The van der Waals surface area contributed by atoms with Crippen LogP contribution in [0.1, 0.15) is 42.6 Å². The third-order valence-electron chi connectivity index (χ3n) is 5.68. The topological polar surface area (TPSA) is 48.5 Å². The predicted octanol–water partition coefficient (Wildman–Crippen LogP) is 3.47. The Labute approximate surface area is 161 Å². The summed E-state index contributed by atoms with van der Waals surface area (Å²) >= 11 is 0. The fraction of sp³-hybridized carbons (Fsp3) is 0.455. The minimum absolute atomic E-state index is 0.0355. The van der Waals surface area contributed by atoms with Gasteiger partial charge in [-0.05, 0) is 37.1 Å². The highest BCUT2D eigenvalue weighted by atomic mass is 16.1. The maximum absolute atomic E-state index is 12.6. The average molecular weight is 364 g/mol. The second-order valence-corrected chi connectivity index (χ2v) is 7.52. The van der Waals surface area contributed by atoms with E-state index in [0.29, 0.717) is 11.7 Å². The van der Waals surface area contributed by atoms with Gasteiger partial charge in [-0.2, -0.15) is 0 Å². The lowest BCUT2D eigenvalue weighted by molar-refractivity contribution is 0.0922. The zero-order valence-electron chi connectivity index (χ0n) is 15.8. The van der Waals surface area contributed by atoms with Crippen LogP contribution in [0.5, 0.6) is 0 Å². The van der Waals surface area contributed by atoms with E-state index in [2.05, 4.69) is 50.4 Å². The van der Waals surface area contributed by atoms with Crippen molar-refractivity contribution in [1.29, 1.82) is 0 Å². The second-order valence-electron chi connectivity index (χ2n) is 7.52. The highest BCUT2D eigenvalue weighted by Crippen LogP contribution is 2.21. The SMILES string of the molecule is O=C(NC1CCCCC1)c1cc(N2CCN(c3ccccc3)CC2)ccn1. The van der Waals surface area contributed by atoms with Gasteiger partial charge in [-0.1, -0.05) is 37.5 Å². The van der Waals surface area contributed by atoms with Gasteiger partial charge in [-0.25, -0.2) is 0 Å². The molecule has 5 nitrogen and oxygen atoms in total. The van der Waals surface area contributed by atoms with Gasteiger partial charge in [-0.3, -0.25) is 9.78 Å². The normalized spacial score (nSPS) is 18.4. The number of benzene rings is 1. The first-order valence-corrected chi connectivity index (χ1v) is 10.1. The number of para-hydroxylation sites is 1. The molecule has 1 aliphatic carbocycles. The summed E-state index contributed by atoms with van der Waals surface area (Å²) in [6, 6.07) is 14.8.